The number of amides is 2. The Morgan fingerprint density at radius 3 is 2.74 bits per heavy atom. The van der Waals surface area contributed by atoms with E-state index in [0.29, 0.717) is 24.9 Å². The second-order valence-electron chi connectivity index (χ2n) is 5.38. The first-order valence-corrected chi connectivity index (χ1v) is 6.41. The largest absolute Gasteiger partial charge is 0.328 e. The van der Waals surface area contributed by atoms with Crippen LogP contribution in [0.15, 0.2) is 36.5 Å². The molecule has 0 radical (unpaired) electrons. The maximum Gasteiger partial charge on any atom is 0.255 e. The van der Waals surface area contributed by atoms with Gasteiger partial charge in [0.1, 0.15) is 5.54 Å². The summed E-state index contributed by atoms with van der Waals surface area (Å²) in [6.07, 6.45) is 1.33. The van der Waals surface area contributed by atoms with Gasteiger partial charge in [-0.05, 0) is 31.4 Å². The summed E-state index contributed by atoms with van der Waals surface area (Å²) in [5.41, 5.74) is 1.65. The van der Waals surface area contributed by atoms with Crippen LogP contribution in [0.2, 0.25) is 0 Å². The van der Waals surface area contributed by atoms with E-state index in [4.69, 9.17) is 0 Å². The van der Waals surface area contributed by atoms with Gasteiger partial charge < -0.3 is 10.2 Å². The standard InChI is InChI=1S/C15H16N2O2/c1-10-7-8-15(2,14(19)16-10)17-9-11-5-3-4-6-12(11)13(17)18/h3-6H,1,7-9H2,2H3,(H,16,19). The normalized spacial score (nSPS) is 26.4. The minimum atomic E-state index is -0.780. The maximum atomic E-state index is 12.5. The van der Waals surface area contributed by atoms with E-state index >= 15 is 0 Å². The molecule has 98 valence electrons. The molecule has 0 aliphatic carbocycles. The second-order valence-corrected chi connectivity index (χ2v) is 5.38. The number of hydrogen-bond donors (Lipinski definition) is 1. The number of fused-ring (bicyclic) bond motifs is 1. The van der Waals surface area contributed by atoms with Crippen molar-refractivity contribution in [1.29, 1.82) is 0 Å². The molecule has 0 spiro atoms. The van der Waals surface area contributed by atoms with Crippen LogP contribution in [-0.4, -0.2) is 22.3 Å². The molecule has 2 aliphatic rings. The summed E-state index contributed by atoms with van der Waals surface area (Å²) in [5.74, 6) is -0.189. The highest BCUT2D eigenvalue weighted by atomic mass is 16.2. The Labute approximate surface area is 112 Å². The average Bonchev–Trinajstić information content (AvgIpc) is 2.73. The summed E-state index contributed by atoms with van der Waals surface area (Å²) in [6.45, 7) is 6.12. The topological polar surface area (TPSA) is 49.4 Å². The van der Waals surface area contributed by atoms with E-state index in [-0.39, 0.29) is 11.8 Å². The lowest BCUT2D eigenvalue weighted by Gasteiger charge is -2.40. The maximum absolute atomic E-state index is 12.5. The van der Waals surface area contributed by atoms with Crippen molar-refractivity contribution in [1.82, 2.24) is 10.2 Å². The van der Waals surface area contributed by atoms with Gasteiger partial charge in [-0.2, -0.15) is 0 Å². The summed E-state index contributed by atoms with van der Waals surface area (Å²) in [5, 5.41) is 2.77. The fourth-order valence-corrected chi connectivity index (χ4v) is 2.78. The number of carbonyl (C=O) groups is 2. The van der Waals surface area contributed by atoms with Crippen LogP contribution in [0.25, 0.3) is 0 Å². The molecule has 2 aliphatic heterocycles. The monoisotopic (exact) mass is 256 g/mol. The fourth-order valence-electron chi connectivity index (χ4n) is 2.78. The third-order valence-corrected chi connectivity index (χ3v) is 4.11. The summed E-state index contributed by atoms with van der Waals surface area (Å²) in [7, 11) is 0. The van der Waals surface area contributed by atoms with Gasteiger partial charge in [0.15, 0.2) is 0 Å². The zero-order valence-electron chi connectivity index (χ0n) is 10.9. The minimum absolute atomic E-state index is 0.0548. The lowest BCUT2D eigenvalue weighted by Crippen LogP contribution is -2.59. The molecule has 1 atom stereocenters. The zero-order chi connectivity index (χ0) is 13.6. The number of rotatable bonds is 1. The number of hydrogen-bond acceptors (Lipinski definition) is 2. The van der Waals surface area contributed by atoms with E-state index in [1.807, 2.05) is 31.2 Å². The van der Waals surface area contributed by atoms with E-state index in [2.05, 4.69) is 11.9 Å². The highest BCUT2D eigenvalue weighted by Gasteiger charge is 2.47. The Bertz CT molecular complexity index is 594. The fraction of sp³-hybridized carbons (Fsp3) is 0.333. The first-order chi connectivity index (χ1) is 9.02. The van der Waals surface area contributed by atoms with Gasteiger partial charge in [-0.15, -0.1) is 0 Å². The first-order valence-electron chi connectivity index (χ1n) is 6.41. The van der Waals surface area contributed by atoms with Gasteiger partial charge in [-0.1, -0.05) is 24.8 Å². The molecular formula is C15H16N2O2. The molecule has 1 saturated heterocycles. The first kappa shape index (κ1) is 12.0. The van der Waals surface area contributed by atoms with Crippen LogP contribution in [-0.2, 0) is 11.3 Å². The van der Waals surface area contributed by atoms with Crippen LogP contribution in [0.1, 0.15) is 35.7 Å². The van der Waals surface area contributed by atoms with Crippen LogP contribution in [0, 0.1) is 0 Å². The second kappa shape index (κ2) is 3.95. The molecule has 3 rings (SSSR count). The molecule has 0 aromatic heterocycles. The summed E-state index contributed by atoms with van der Waals surface area (Å²) < 4.78 is 0. The molecule has 2 heterocycles. The molecule has 4 nitrogen and oxygen atoms in total. The molecule has 1 N–H and O–H groups in total. The number of allylic oxidation sites excluding steroid dienone is 1. The molecule has 0 bridgehead atoms. The van der Waals surface area contributed by atoms with Crippen LogP contribution >= 0.6 is 0 Å². The number of carbonyl (C=O) groups excluding carboxylic acids is 2. The van der Waals surface area contributed by atoms with Crippen molar-refractivity contribution in [3.8, 4) is 0 Å². The van der Waals surface area contributed by atoms with Crippen molar-refractivity contribution in [2.45, 2.75) is 31.8 Å². The molecule has 1 aromatic carbocycles. The predicted octanol–water partition coefficient (Wildman–Crippen LogP) is 1.82. The van der Waals surface area contributed by atoms with E-state index in [1.165, 1.54) is 0 Å². The van der Waals surface area contributed by atoms with Gasteiger partial charge in [0.25, 0.3) is 5.91 Å². The average molecular weight is 256 g/mol. The lowest BCUT2D eigenvalue weighted by atomic mass is 9.88. The Morgan fingerprint density at radius 1 is 1.32 bits per heavy atom. The van der Waals surface area contributed by atoms with Crippen LogP contribution < -0.4 is 5.32 Å². The van der Waals surface area contributed by atoms with Crippen molar-refractivity contribution >= 4 is 11.8 Å². The van der Waals surface area contributed by atoms with E-state index in [0.717, 1.165) is 11.3 Å². The lowest BCUT2D eigenvalue weighted by molar-refractivity contribution is -0.132. The van der Waals surface area contributed by atoms with E-state index in [1.54, 1.807) is 4.90 Å². The van der Waals surface area contributed by atoms with Crippen molar-refractivity contribution in [3.05, 3.63) is 47.7 Å². The van der Waals surface area contributed by atoms with Gasteiger partial charge in [0.05, 0.1) is 0 Å². The van der Waals surface area contributed by atoms with Crippen LogP contribution in [0.5, 0.6) is 0 Å². The molecule has 4 heteroatoms. The Hall–Kier alpha value is -2.10. The zero-order valence-corrected chi connectivity index (χ0v) is 10.9. The summed E-state index contributed by atoms with van der Waals surface area (Å²) in [4.78, 5) is 26.4. The number of nitrogens with one attached hydrogen (secondary N) is 1. The molecular weight excluding hydrogens is 240 g/mol. The highest BCUT2D eigenvalue weighted by Crippen LogP contribution is 2.34. The quantitative estimate of drug-likeness (QED) is 0.833. The number of nitrogens with zero attached hydrogens (tertiary/aromatic N) is 1. The Kier molecular flexibility index (Phi) is 2.49. The molecule has 2 amide bonds. The van der Waals surface area contributed by atoms with Crippen LogP contribution in [0.3, 0.4) is 0 Å². The summed E-state index contributed by atoms with van der Waals surface area (Å²) >= 11 is 0. The molecule has 19 heavy (non-hydrogen) atoms. The highest BCUT2D eigenvalue weighted by molar-refractivity contribution is 6.02. The van der Waals surface area contributed by atoms with Crippen molar-refractivity contribution < 1.29 is 9.59 Å². The molecule has 0 saturated carbocycles. The third kappa shape index (κ3) is 1.67. The number of benzene rings is 1. The number of piperidine rings is 1. The Balaban J connectivity index is 1.95. The third-order valence-electron chi connectivity index (χ3n) is 4.11. The van der Waals surface area contributed by atoms with Crippen molar-refractivity contribution in [2.24, 2.45) is 0 Å². The van der Waals surface area contributed by atoms with E-state index < -0.39 is 5.54 Å². The van der Waals surface area contributed by atoms with Crippen molar-refractivity contribution in [3.63, 3.8) is 0 Å². The SMILES string of the molecule is C=C1CCC(C)(N2Cc3ccccc3C2=O)C(=O)N1. The van der Waals surface area contributed by atoms with Gasteiger partial charge >= 0.3 is 0 Å². The summed E-state index contributed by atoms with van der Waals surface area (Å²) in [6, 6.07) is 7.53. The van der Waals surface area contributed by atoms with Gasteiger partial charge in [-0.25, -0.2) is 0 Å². The van der Waals surface area contributed by atoms with E-state index in [9.17, 15) is 9.59 Å². The Morgan fingerprint density at radius 2 is 2.05 bits per heavy atom. The van der Waals surface area contributed by atoms with Crippen molar-refractivity contribution in [2.75, 3.05) is 0 Å². The smallest absolute Gasteiger partial charge is 0.255 e. The minimum Gasteiger partial charge on any atom is -0.328 e. The predicted molar refractivity (Wildman–Crippen MR) is 71.2 cm³/mol. The van der Waals surface area contributed by atoms with Crippen LogP contribution in [0.4, 0.5) is 0 Å². The molecule has 1 aromatic rings. The van der Waals surface area contributed by atoms with Gasteiger partial charge in [0, 0.05) is 17.8 Å². The van der Waals surface area contributed by atoms with Gasteiger partial charge in [-0.3, -0.25) is 9.59 Å². The molecule has 1 unspecified atom stereocenters. The molecule has 1 fully saturated rings. The van der Waals surface area contributed by atoms with Gasteiger partial charge in [0.2, 0.25) is 5.91 Å².